The van der Waals surface area contributed by atoms with Crippen molar-refractivity contribution < 1.29 is 5.11 Å². The number of aliphatic imine (C=N–C) groups is 1. The van der Waals surface area contributed by atoms with Crippen LogP contribution in [0.2, 0.25) is 5.02 Å². The highest BCUT2D eigenvalue weighted by molar-refractivity contribution is 9.10. The molecule has 0 bridgehead atoms. The number of aromatic hydroxyl groups is 1. The second-order valence-corrected chi connectivity index (χ2v) is 8.31. The van der Waals surface area contributed by atoms with Gasteiger partial charge in [-0.1, -0.05) is 70.0 Å². The summed E-state index contributed by atoms with van der Waals surface area (Å²) in [5.41, 5.74) is 0.0861. The maximum absolute atomic E-state index is 12.8. The van der Waals surface area contributed by atoms with Gasteiger partial charge in [0.2, 0.25) is 5.88 Å². The van der Waals surface area contributed by atoms with E-state index >= 15 is 0 Å². The van der Waals surface area contributed by atoms with E-state index in [1.807, 2.05) is 42.5 Å². The van der Waals surface area contributed by atoms with Crippen LogP contribution in [0.15, 0.2) is 97.9 Å². The number of hydrogen-bond acceptors (Lipinski definition) is 4. The molecule has 0 unspecified atom stereocenters. The second-order valence-electron chi connectivity index (χ2n) is 7.02. The van der Waals surface area contributed by atoms with Crippen molar-refractivity contribution in [3.63, 3.8) is 0 Å². The lowest BCUT2D eigenvalue weighted by Crippen LogP contribution is -2.35. The van der Waals surface area contributed by atoms with Crippen LogP contribution in [-0.4, -0.2) is 20.5 Å². The molecule has 0 aliphatic carbocycles. The van der Waals surface area contributed by atoms with Crippen molar-refractivity contribution in [2.45, 2.75) is 6.54 Å². The number of halogens is 2. The van der Waals surface area contributed by atoms with Gasteiger partial charge in [0.1, 0.15) is 11.4 Å². The average molecular weight is 526 g/mol. The van der Waals surface area contributed by atoms with Gasteiger partial charge in [-0.05, 0) is 42.0 Å². The molecule has 1 heterocycles. The Balaban J connectivity index is 1.88. The molecule has 3 aromatic carbocycles. The zero-order valence-corrected chi connectivity index (χ0v) is 19.5. The number of aromatic nitrogens is 2. The van der Waals surface area contributed by atoms with E-state index in [1.54, 1.807) is 30.3 Å². The number of H-pyrrole nitrogens is 1. The Labute approximate surface area is 202 Å². The van der Waals surface area contributed by atoms with Crippen molar-refractivity contribution in [1.29, 1.82) is 0 Å². The van der Waals surface area contributed by atoms with E-state index in [0.29, 0.717) is 16.4 Å². The largest absolute Gasteiger partial charge is 0.493 e. The van der Waals surface area contributed by atoms with Gasteiger partial charge in [0.15, 0.2) is 0 Å². The van der Waals surface area contributed by atoms with Gasteiger partial charge in [0.25, 0.3) is 5.56 Å². The average Bonchev–Trinajstić information content (AvgIpc) is 2.78. The lowest BCUT2D eigenvalue weighted by molar-refractivity contribution is 0.429. The van der Waals surface area contributed by atoms with Gasteiger partial charge < -0.3 is 10.4 Å². The smallest absolute Gasteiger partial charge is 0.335 e. The Morgan fingerprint density at radius 3 is 2.48 bits per heavy atom. The number of nitrogens with one attached hydrogen (secondary N) is 2. The highest BCUT2D eigenvalue weighted by atomic mass is 79.9. The molecule has 33 heavy (non-hydrogen) atoms. The maximum Gasteiger partial charge on any atom is 0.335 e. The van der Waals surface area contributed by atoms with Gasteiger partial charge in [0, 0.05) is 15.2 Å². The topological polar surface area (TPSA) is 99.5 Å². The monoisotopic (exact) mass is 524 g/mol. The molecule has 0 amide bonds. The van der Waals surface area contributed by atoms with Gasteiger partial charge in [0.05, 0.1) is 12.2 Å². The fourth-order valence-corrected chi connectivity index (χ4v) is 3.82. The summed E-state index contributed by atoms with van der Waals surface area (Å²) < 4.78 is 1.83. The minimum absolute atomic E-state index is 0.103. The number of benzene rings is 3. The fourth-order valence-electron chi connectivity index (χ4n) is 3.22. The number of nitrogens with zero attached hydrogens (tertiary/aromatic N) is 2. The molecule has 0 saturated carbocycles. The third-order valence-electron chi connectivity index (χ3n) is 4.79. The number of para-hydroxylation sites is 1. The number of anilines is 1. The van der Waals surface area contributed by atoms with Gasteiger partial charge in [-0.3, -0.25) is 14.8 Å². The van der Waals surface area contributed by atoms with Gasteiger partial charge in [-0.15, -0.1) is 0 Å². The molecule has 0 aliphatic heterocycles. The fraction of sp³-hybridized carbons (Fsp3) is 0.0417. The quantitative estimate of drug-likeness (QED) is 0.260. The van der Waals surface area contributed by atoms with E-state index in [9.17, 15) is 14.7 Å². The summed E-state index contributed by atoms with van der Waals surface area (Å²) in [6, 6.07) is 23.0. The van der Waals surface area contributed by atoms with Gasteiger partial charge in [-0.2, -0.15) is 0 Å². The minimum Gasteiger partial charge on any atom is -0.493 e. The summed E-state index contributed by atoms with van der Waals surface area (Å²) in [5.74, 6) is -0.452. The van der Waals surface area contributed by atoms with E-state index in [0.717, 1.165) is 14.6 Å². The first kappa shape index (κ1) is 22.6. The highest BCUT2D eigenvalue weighted by Crippen LogP contribution is 2.22. The third kappa shape index (κ3) is 5.08. The first-order chi connectivity index (χ1) is 15.9. The van der Waals surface area contributed by atoms with Crippen LogP contribution in [0.3, 0.4) is 0 Å². The molecule has 4 aromatic rings. The van der Waals surface area contributed by atoms with Crippen molar-refractivity contribution in [2.75, 3.05) is 5.32 Å². The van der Waals surface area contributed by atoms with Crippen molar-refractivity contribution in [1.82, 2.24) is 9.55 Å². The number of hydrogen-bond donors (Lipinski definition) is 3. The molecule has 4 rings (SSSR count). The number of amidine groups is 1. The normalized spacial score (nSPS) is 11.4. The molecular formula is C24H18BrClN4O3. The molecule has 7 nitrogen and oxygen atoms in total. The zero-order valence-electron chi connectivity index (χ0n) is 17.1. The highest BCUT2D eigenvalue weighted by Gasteiger charge is 2.21. The molecule has 166 valence electrons. The molecule has 0 aliphatic rings. The van der Waals surface area contributed by atoms with E-state index in [4.69, 9.17) is 11.6 Å². The van der Waals surface area contributed by atoms with Gasteiger partial charge in [-0.25, -0.2) is 9.36 Å². The summed E-state index contributed by atoms with van der Waals surface area (Å²) in [4.78, 5) is 32.2. The van der Waals surface area contributed by atoms with Crippen molar-refractivity contribution >= 4 is 39.1 Å². The summed E-state index contributed by atoms with van der Waals surface area (Å²) in [5, 5.41) is 14.5. The Morgan fingerprint density at radius 1 is 1.03 bits per heavy atom. The number of rotatable bonds is 5. The molecular weight excluding hydrogens is 508 g/mol. The Kier molecular flexibility index (Phi) is 6.76. The minimum atomic E-state index is -0.798. The predicted octanol–water partition coefficient (Wildman–Crippen LogP) is 4.71. The molecule has 0 radical (unpaired) electrons. The van der Waals surface area contributed by atoms with E-state index in [1.165, 1.54) is 6.07 Å². The van der Waals surface area contributed by atoms with Crippen LogP contribution in [0.1, 0.15) is 11.1 Å². The van der Waals surface area contributed by atoms with Crippen molar-refractivity contribution in [3.05, 3.63) is 120 Å². The Hall–Kier alpha value is -3.62. The van der Waals surface area contributed by atoms with Crippen LogP contribution in [0, 0.1) is 0 Å². The van der Waals surface area contributed by atoms with Crippen molar-refractivity contribution in [2.24, 2.45) is 4.99 Å². The molecule has 9 heteroatoms. The Bertz CT molecular complexity index is 1450. The molecule has 0 spiro atoms. The predicted molar refractivity (Wildman–Crippen MR) is 134 cm³/mol. The molecule has 1 aromatic heterocycles. The molecule has 0 saturated heterocycles. The van der Waals surface area contributed by atoms with Crippen molar-refractivity contribution in [3.8, 4) is 11.6 Å². The second kappa shape index (κ2) is 9.89. The van der Waals surface area contributed by atoms with Crippen LogP contribution in [-0.2, 0) is 6.54 Å². The van der Waals surface area contributed by atoms with Gasteiger partial charge >= 0.3 is 5.69 Å². The number of aromatic amines is 1. The first-order valence-electron chi connectivity index (χ1n) is 9.88. The maximum atomic E-state index is 12.8. The zero-order chi connectivity index (χ0) is 23.4. The summed E-state index contributed by atoms with van der Waals surface area (Å²) in [6.45, 7) is 0.214. The Morgan fingerprint density at radius 2 is 1.76 bits per heavy atom. The van der Waals surface area contributed by atoms with Crippen LogP contribution < -0.4 is 16.6 Å². The molecule has 0 fully saturated rings. The first-order valence-corrected chi connectivity index (χ1v) is 11.1. The van der Waals surface area contributed by atoms with Crippen LogP contribution in [0.25, 0.3) is 5.69 Å². The van der Waals surface area contributed by atoms with Crippen LogP contribution in [0.5, 0.6) is 5.88 Å². The lowest BCUT2D eigenvalue weighted by atomic mass is 10.2. The summed E-state index contributed by atoms with van der Waals surface area (Å²) in [6.07, 6.45) is 0. The molecule has 0 atom stereocenters. The van der Waals surface area contributed by atoms with E-state index in [-0.39, 0.29) is 17.9 Å². The van der Waals surface area contributed by atoms with E-state index in [2.05, 4.69) is 31.2 Å². The van der Waals surface area contributed by atoms with Crippen LogP contribution in [0.4, 0.5) is 5.69 Å². The SMILES string of the molecule is O=c1[nH]c(=O)n(-c2cccc(Cl)c2)c(O)c1C(=NCc1ccccc1Br)Nc1ccccc1. The van der Waals surface area contributed by atoms with Crippen LogP contribution >= 0.6 is 27.5 Å². The summed E-state index contributed by atoms with van der Waals surface area (Å²) in [7, 11) is 0. The summed E-state index contributed by atoms with van der Waals surface area (Å²) >= 11 is 9.56. The lowest BCUT2D eigenvalue weighted by Gasteiger charge is -2.15. The third-order valence-corrected chi connectivity index (χ3v) is 5.80. The van der Waals surface area contributed by atoms with E-state index < -0.39 is 17.1 Å². The standard InChI is InChI=1S/C24H18BrClN4O3/c25-19-12-5-4-7-15(19)14-27-21(28-17-9-2-1-3-10-17)20-22(31)29-24(33)30(23(20)32)18-11-6-8-16(26)13-18/h1-13,32H,14H2,(H,27,28)(H,29,31,33). The molecule has 3 N–H and O–H groups in total.